The molecule has 0 saturated carbocycles. The van der Waals surface area contributed by atoms with Gasteiger partial charge in [-0.15, -0.1) is 0 Å². The molecule has 3 heteroatoms. The molecule has 0 fully saturated rings. The number of nitrogens with one attached hydrogen (secondary N) is 1. The number of benzene rings is 2. The fourth-order valence-corrected chi connectivity index (χ4v) is 2.80. The third kappa shape index (κ3) is 2.92. The molecular formula is C18H17ClN2. The average molecular weight is 297 g/mol. The molecule has 0 aliphatic heterocycles. The standard InChI is InChI=1S/C18H17ClN2/c1-2-20-17(18-16(19)8-5-11-21-18)15-10-9-13-6-3-4-7-14(13)12-15/h3-12,17,20H,2H2,1H3. The molecule has 0 amide bonds. The molecule has 0 aliphatic rings. The highest BCUT2D eigenvalue weighted by Crippen LogP contribution is 2.28. The van der Waals surface area contributed by atoms with E-state index in [9.17, 15) is 0 Å². The van der Waals surface area contributed by atoms with E-state index < -0.39 is 0 Å². The van der Waals surface area contributed by atoms with Gasteiger partial charge in [0.05, 0.1) is 16.8 Å². The second kappa shape index (κ2) is 6.25. The smallest absolute Gasteiger partial charge is 0.0804 e. The van der Waals surface area contributed by atoms with E-state index in [0.717, 1.165) is 12.2 Å². The summed E-state index contributed by atoms with van der Waals surface area (Å²) in [4.78, 5) is 4.46. The third-order valence-corrected chi connectivity index (χ3v) is 3.90. The van der Waals surface area contributed by atoms with Crippen LogP contribution in [0.15, 0.2) is 60.8 Å². The van der Waals surface area contributed by atoms with Crippen molar-refractivity contribution in [3.8, 4) is 0 Å². The number of hydrogen-bond acceptors (Lipinski definition) is 2. The summed E-state index contributed by atoms with van der Waals surface area (Å²) in [6, 6.07) is 18.6. The second-order valence-electron chi connectivity index (χ2n) is 4.97. The average Bonchev–Trinajstić information content (AvgIpc) is 2.53. The number of halogens is 1. The van der Waals surface area contributed by atoms with Gasteiger partial charge in [-0.05, 0) is 41.1 Å². The second-order valence-corrected chi connectivity index (χ2v) is 5.37. The van der Waals surface area contributed by atoms with E-state index in [1.54, 1.807) is 6.20 Å². The van der Waals surface area contributed by atoms with Crippen LogP contribution >= 0.6 is 11.6 Å². The van der Waals surface area contributed by atoms with Gasteiger partial charge >= 0.3 is 0 Å². The minimum Gasteiger partial charge on any atom is -0.305 e. The van der Waals surface area contributed by atoms with Gasteiger partial charge in [0.15, 0.2) is 0 Å². The maximum Gasteiger partial charge on any atom is 0.0804 e. The molecule has 1 heterocycles. The molecule has 1 N–H and O–H groups in total. The summed E-state index contributed by atoms with van der Waals surface area (Å²) >= 11 is 6.32. The van der Waals surface area contributed by atoms with E-state index in [4.69, 9.17) is 11.6 Å². The number of nitrogens with zero attached hydrogens (tertiary/aromatic N) is 1. The van der Waals surface area contributed by atoms with Gasteiger partial charge < -0.3 is 5.32 Å². The van der Waals surface area contributed by atoms with Crippen molar-refractivity contribution in [1.29, 1.82) is 0 Å². The molecular weight excluding hydrogens is 280 g/mol. The van der Waals surface area contributed by atoms with E-state index in [1.807, 2.05) is 12.1 Å². The molecule has 0 saturated heterocycles. The topological polar surface area (TPSA) is 24.9 Å². The Morgan fingerprint density at radius 3 is 2.62 bits per heavy atom. The highest BCUT2D eigenvalue weighted by Gasteiger charge is 2.17. The van der Waals surface area contributed by atoms with E-state index >= 15 is 0 Å². The molecule has 2 nitrogen and oxygen atoms in total. The fraction of sp³-hybridized carbons (Fsp3) is 0.167. The maximum absolute atomic E-state index is 6.32. The minimum atomic E-state index is 0.00769. The van der Waals surface area contributed by atoms with Crippen LogP contribution in [0.2, 0.25) is 5.02 Å². The van der Waals surface area contributed by atoms with Gasteiger partial charge in [0.25, 0.3) is 0 Å². The SMILES string of the molecule is CCNC(c1ccc2ccccc2c1)c1ncccc1Cl. The lowest BCUT2D eigenvalue weighted by Crippen LogP contribution is -2.23. The number of fused-ring (bicyclic) bond motifs is 1. The Hall–Kier alpha value is -1.90. The van der Waals surface area contributed by atoms with Crippen LogP contribution in [-0.4, -0.2) is 11.5 Å². The number of aromatic nitrogens is 1. The van der Waals surface area contributed by atoms with Crippen molar-refractivity contribution < 1.29 is 0 Å². The number of pyridine rings is 1. The molecule has 0 aliphatic carbocycles. The Morgan fingerprint density at radius 2 is 1.86 bits per heavy atom. The molecule has 1 unspecified atom stereocenters. The number of rotatable bonds is 4. The third-order valence-electron chi connectivity index (χ3n) is 3.58. The van der Waals surface area contributed by atoms with Gasteiger partial charge in [-0.3, -0.25) is 4.98 Å². The quantitative estimate of drug-likeness (QED) is 0.762. The summed E-state index contributed by atoms with van der Waals surface area (Å²) < 4.78 is 0. The zero-order valence-electron chi connectivity index (χ0n) is 11.9. The van der Waals surface area contributed by atoms with Crippen molar-refractivity contribution in [3.63, 3.8) is 0 Å². The normalized spacial score (nSPS) is 12.5. The van der Waals surface area contributed by atoms with Gasteiger partial charge in [-0.2, -0.15) is 0 Å². The van der Waals surface area contributed by atoms with Crippen LogP contribution < -0.4 is 5.32 Å². The van der Waals surface area contributed by atoms with Crippen LogP contribution in [0.3, 0.4) is 0 Å². The Balaban J connectivity index is 2.09. The van der Waals surface area contributed by atoms with Gasteiger partial charge in [-0.25, -0.2) is 0 Å². The molecule has 0 bridgehead atoms. The molecule has 1 atom stereocenters. The van der Waals surface area contributed by atoms with Crippen LogP contribution in [0, 0.1) is 0 Å². The van der Waals surface area contributed by atoms with Crippen LogP contribution in [0.4, 0.5) is 0 Å². The first kappa shape index (κ1) is 14.1. The Labute approximate surface area is 129 Å². The van der Waals surface area contributed by atoms with Crippen LogP contribution in [0.1, 0.15) is 24.2 Å². The molecule has 21 heavy (non-hydrogen) atoms. The largest absolute Gasteiger partial charge is 0.305 e. The van der Waals surface area contributed by atoms with Crippen LogP contribution in [-0.2, 0) is 0 Å². The molecule has 0 radical (unpaired) electrons. The molecule has 3 aromatic rings. The van der Waals surface area contributed by atoms with Crippen molar-refractivity contribution >= 4 is 22.4 Å². The minimum absolute atomic E-state index is 0.00769. The summed E-state index contributed by atoms with van der Waals surface area (Å²) in [6.07, 6.45) is 1.78. The van der Waals surface area contributed by atoms with E-state index in [-0.39, 0.29) is 6.04 Å². The van der Waals surface area contributed by atoms with Crippen molar-refractivity contribution in [2.45, 2.75) is 13.0 Å². The lowest BCUT2D eigenvalue weighted by atomic mass is 9.99. The molecule has 0 spiro atoms. The van der Waals surface area contributed by atoms with Gasteiger partial charge in [0.1, 0.15) is 0 Å². The Bertz CT molecular complexity index is 755. The van der Waals surface area contributed by atoms with Crippen molar-refractivity contribution in [1.82, 2.24) is 10.3 Å². The highest BCUT2D eigenvalue weighted by molar-refractivity contribution is 6.31. The van der Waals surface area contributed by atoms with Crippen LogP contribution in [0.25, 0.3) is 10.8 Å². The van der Waals surface area contributed by atoms with Crippen molar-refractivity contribution in [2.24, 2.45) is 0 Å². The maximum atomic E-state index is 6.32. The first-order chi connectivity index (χ1) is 10.3. The van der Waals surface area contributed by atoms with E-state index in [2.05, 4.69) is 59.7 Å². The first-order valence-electron chi connectivity index (χ1n) is 7.12. The monoisotopic (exact) mass is 296 g/mol. The Kier molecular flexibility index (Phi) is 4.18. The molecule has 2 aromatic carbocycles. The fourth-order valence-electron chi connectivity index (χ4n) is 2.57. The number of hydrogen-bond donors (Lipinski definition) is 1. The summed E-state index contributed by atoms with van der Waals surface area (Å²) in [7, 11) is 0. The highest BCUT2D eigenvalue weighted by atomic mass is 35.5. The van der Waals surface area contributed by atoms with Gasteiger partial charge in [0, 0.05) is 6.20 Å². The van der Waals surface area contributed by atoms with Crippen molar-refractivity contribution in [3.05, 3.63) is 77.1 Å². The summed E-state index contributed by atoms with van der Waals surface area (Å²) in [5.74, 6) is 0. The lowest BCUT2D eigenvalue weighted by molar-refractivity contribution is 0.616. The zero-order chi connectivity index (χ0) is 14.7. The van der Waals surface area contributed by atoms with Gasteiger partial charge in [-0.1, -0.05) is 54.9 Å². The molecule has 3 rings (SSSR count). The van der Waals surface area contributed by atoms with Crippen molar-refractivity contribution in [2.75, 3.05) is 6.54 Å². The summed E-state index contributed by atoms with van der Waals surface area (Å²) in [5.41, 5.74) is 2.05. The predicted molar refractivity (Wildman–Crippen MR) is 88.7 cm³/mol. The van der Waals surface area contributed by atoms with E-state index in [1.165, 1.54) is 16.3 Å². The summed E-state index contributed by atoms with van der Waals surface area (Å²) in [6.45, 7) is 2.94. The molecule has 106 valence electrons. The Morgan fingerprint density at radius 1 is 1.05 bits per heavy atom. The van der Waals surface area contributed by atoms with Crippen LogP contribution in [0.5, 0.6) is 0 Å². The van der Waals surface area contributed by atoms with Gasteiger partial charge in [0.2, 0.25) is 0 Å². The molecule has 1 aromatic heterocycles. The first-order valence-corrected chi connectivity index (χ1v) is 7.50. The summed E-state index contributed by atoms with van der Waals surface area (Å²) in [5, 5.41) is 6.63. The predicted octanol–water partition coefficient (Wildman–Crippen LogP) is 4.59. The lowest BCUT2D eigenvalue weighted by Gasteiger charge is -2.19. The zero-order valence-corrected chi connectivity index (χ0v) is 12.6. The van der Waals surface area contributed by atoms with E-state index in [0.29, 0.717) is 5.02 Å².